The van der Waals surface area contributed by atoms with Crippen LogP contribution in [0, 0.1) is 0 Å². The maximum atomic E-state index is 12.1. The first-order valence-corrected chi connectivity index (χ1v) is 9.99. The molecule has 1 aliphatic rings. The van der Waals surface area contributed by atoms with E-state index in [-0.39, 0.29) is 6.54 Å². The predicted octanol–water partition coefficient (Wildman–Crippen LogP) is 2.65. The van der Waals surface area contributed by atoms with Gasteiger partial charge in [-0.2, -0.15) is 9.61 Å². The first-order valence-electron chi connectivity index (χ1n) is 9.99. The third kappa shape index (κ3) is 4.68. The molecule has 1 amide bonds. The molecule has 0 atom stereocenters. The topological polar surface area (TPSA) is 93.9 Å². The van der Waals surface area contributed by atoms with Crippen LogP contribution in [0.25, 0.3) is 16.9 Å². The minimum atomic E-state index is -0.550. The Morgan fingerprint density at radius 3 is 2.63 bits per heavy atom. The molecule has 0 radical (unpaired) electrons. The lowest BCUT2D eigenvalue weighted by molar-refractivity contribution is 0.0523. The van der Waals surface area contributed by atoms with Gasteiger partial charge in [0.05, 0.1) is 31.1 Å². The van der Waals surface area contributed by atoms with Crippen LogP contribution in [0.1, 0.15) is 26.5 Å². The summed E-state index contributed by atoms with van der Waals surface area (Å²) in [5.41, 5.74) is 2.68. The average Bonchev–Trinajstić information content (AvgIpc) is 3.16. The van der Waals surface area contributed by atoms with E-state index >= 15 is 0 Å². The predicted molar refractivity (Wildman–Crippen MR) is 112 cm³/mol. The van der Waals surface area contributed by atoms with Gasteiger partial charge in [0, 0.05) is 43.2 Å². The number of amides is 1. The first kappa shape index (κ1) is 20.1. The van der Waals surface area contributed by atoms with Gasteiger partial charge in [-0.05, 0) is 32.9 Å². The van der Waals surface area contributed by atoms with Crippen LogP contribution in [0.15, 0.2) is 36.7 Å². The number of carbonyl (C=O) groups excluding carboxylic acids is 1. The van der Waals surface area contributed by atoms with Crippen molar-refractivity contribution >= 4 is 17.6 Å². The summed E-state index contributed by atoms with van der Waals surface area (Å²) in [7, 11) is 0. The molecule has 3 aromatic rings. The van der Waals surface area contributed by atoms with Crippen molar-refractivity contribution in [2.24, 2.45) is 0 Å². The van der Waals surface area contributed by atoms with E-state index in [1.165, 1.54) is 0 Å². The molecule has 0 unspecified atom stereocenters. The Balaban J connectivity index is 1.66. The first-order chi connectivity index (χ1) is 14.4. The number of carbonyl (C=O) groups is 1. The van der Waals surface area contributed by atoms with E-state index in [9.17, 15) is 4.79 Å². The zero-order valence-electron chi connectivity index (χ0n) is 17.5. The van der Waals surface area contributed by atoms with Gasteiger partial charge in [0.1, 0.15) is 11.4 Å². The van der Waals surface area contributed by atoms with Crippen LogP contribution in [-0.2, 0) is 16.0 Å². The van der Waals surface area contributed by atoms with E-state index in [4.69, 9.17) is 19.6 Å². The average molecular weight is 410 g/mol. The number of rotatable bonds is 4. The number of fused-ring (bicyclic) bond motifs is 1. The van der Waals surface area contributed by atoms with Gasteiger partial charge < -0.3 is 19.7 Å². The second-order valence-corrected chi connectivity index (χ2v) is 8.10. The van der Waals surface area contributed by atoms with Gasteiger partial charge in [0.2, 0.25) is 0 Å². The summed E-state index contributed by atoms with van der Waals surface area (Å²) in [4.78, 5) is 23.1. The van der Waals surface area contributed by atoms with E-state index in [0.717, 1.165) is 35.9 Å². The highest BCUT2D eigenvalue weighted by Crippen LogP contribution is 2.24. The molecule has 0 aliphatic carbocycles. The molecule has 4 heterocycles. The lowest BCUT2D eigenvalue weighted by Gasteiger charge is -2.29. The number of morpholine rings is 1. The molecule has 4 rings (SSSR count). The highest BCUT2D eigenvalue weighted by atomic mass is 16.6. The summed E-state index contributed by atoms with van der Waals surface area (Å²) < 4.78 is 12.7. The monoisotopic (exact) mass is 410 g/mol. The number of nitrogens with zero attached hydrogens (tertiary/aromatic N) is 5. The Kier molecular flexibility index (Phi) is 5.54. The Bertz CT molecular complexity index is 1020. The lowest BCUT2D eigenvalue weighted by Crippen LogP contribution is -2.37. The number of ether oxygens (including phenoxy) is 2. The summed E-state index contributed by atoms with van der Waals surface area (Å²) in [6.45, 7) is 8.62. The molecular formula is C21H26N6O3. The third-order valence-corrected chi connectivity index (χ3v) is 4.59. The van der Waals surface area contributed by atoms with Crippen LogP contribution in [0.3, 0.4) is 0 Å². The number of hydrogen-bond acceptors (Lipinski definition) is 7. The summed E-state index contributed by atoms with van der Waals surface area (Å²) >= 11 is 0. The highest BCUT2D eigenvalue weighted by Gasteiger charge is 2.20. The normalized spacial score (nSPS) is 14.7. The van der Waals surface area contributed by atoms with E-state index in [2.05, 4.69) is 15.2 Å². The van der Waals surface area contributed by atoms with E-state index in [1.54, 1.807) is 12.4 Å². The van der Waals surface area contributed by atoms with Gasteiger partial charge in [0.25, 0.3) is 0 Å². The fourth-order valence-corrected chi connectivity index (χ4v) is 3.26. The van der Waals surface area contributed by atoms with Crippen LogP contribution in [0.5, 0.6) is 0 Å². The molecular weight excluding hydrogens is 384 g/mol. The molecule has 0 spiro atoms. The third-order valence-electron chi connectivity index (χ3n) is 4.59. The van der Waals surface area contributed by atoms with Crippen LogP contribution >= 0.6 is 0 Å². The Morgan fingerprint density at radius 2 is 1.93 bits per heavy atom. The second kappa shape index (κ2) is 8.27. The summed E-state index contributed by atoms with van der Waals surface area (Å²) in [5.74, 6) is 0.921. The summed E-state index contributed by atoms with van der Waals surface area (Å²) in [5, 5.41) is 7.56. The van der Waals surface area contributed by atoms with Crippen molar-refractivity contribution in [3.8, 4) is 11.3 Å². The molecule has 1 N–H and O–H groups in total. The number of hydrogen-bond donors (Lipinski definition) is 1. The van der Waals surface area contributed by atoms with E-state index < -0.39 is 11.7 Å². The maximum Gasteiger partial charge on any atom is 0.407 e. The van der Waals surface area contributed by atoms with Crippen LogP contribution in [-0.4, -0.2) is 57.6 Å². The van der Waals surface area contributed by atoms with Crippen molar-refractivity contribution in [1.82, 2.24) is 24.9 Å². The van der Waals surface area contributed by atoms with Crippen molar-refractivity contribution in [2.45, 2.75) is 32.9 Å². The molecule has 1 aliphatic heterocycles. The molecule has 3 aromatic heterocycles. The van der Waals surface area contributed by atoms with Gasteiger partial charge in [-0.15, -0.1) is 0 Å². The summed E-state index contributed by atoms with van der Waals surface area (Å²) in [6, 6.07) is 7.73. The standard InChI is InChI=1S/C21H26N6O3/c1-21(2,3)30-20(28)23-14-16-12-19(26-8-10-29-11-9-26)27-18(24-16)13-17(25-27)15-4-6-22-7-5-15/h4-7,12-13H,8-11,14H2,1-3H3,(H,23,28). The lowest BCUT2D eigenvalue weighted by atomic mass is 10.2. The summed E-state index contributed by atoms with van der Waals surface area (Å²) in [6.07, 6.45) is 3.01. The molecule has 9 heteroatoms. The van der Waals surface area contributed by atoms with Crippen LogP contribution in [0.4, 0.5) is 10.6 Å². The van der Waals surface area contributed by atoms with Gasteiger partial charge >= 0.3 is 6.09 Å². The van der Waals surface area contributed by atoms with Crippen molar-refractivity contribution in [2.75, 3.05) is 31.2 Å². The van der Waals surface area contributed by atoms with Crippen molar-refractivity contribution < 1.29 is 14.3 Å². The number of nitrogens with one attached hydrogen (secondary N) is 1. The smallest absolute Gasteiger partial charge is 0.407 e. The molecule has 0 aromatic carbocycles. The minimum Gasteiger partial charge on any atom is -0.444 e. The van der Waals surface area contributed by atoms with Gasteiger partial charge in [-0.1, -0.05) is 0 Å². The Labute approximate surface area is 175 Å². The van der Waals surface area contributed by atoms with Gasteiger partial charge in [-0.25, -0.2) is 9.78 Å². The highest BCUT2D eigenvalue weighted by molar-refractivity contribution is 5.68. The van der Waals surface area contributed by atoms with Crippen LogP contribution < -0.4 is 10.2 Å². The van der Waals surface area contributed by atoms with E-state index in [0.29, 0.717) is 18.9 Å². The molecule has 0 bridgehead atoms. The SMILES string of the molecule is CC(C)(C)OC(=O)NCc1cc(N2CCOCC2)n2nc(-c3ccncc3)cc2n1. The zero-order chi connectivity index (χ0) is 21.1. The van der Waals surface area contributed by atoms with Gasteiger partial charge in [0.15, 0.2) is 5.65 Å². The van der Waals surface area contributed by atoms with Crippen molar-refractivity contribution in [3.63, 3.8) is 0 Å². The number of pyridine rings is 1. The molecule has 1 fully saturated rings. The number of aromatic nitrogens is 4. The van der Waals surface area contributed by atoms with E-state index in [1.807, 2.05) is 49.6 Å². The molecule has 0 saturated carbocycles. The maximum absolute atomic E-state index is 12.1. The Hall–Kier alpha value is -3.20. The molecule has 158 valence electrons. The fourth-order valence-electron chi connectivity index (χ4n) is 3.26. The number of anilines is 1. The van der Waals surface area contributed by atoms with Crippen molar-refractivity contribution in [3.05, 3.63) is 42.4 Å². The Morgan fingerprint density at radius 1 is 1.20 bits per heavy atom. The minimum absolute atomic E-state index is 0.262. The molecule has 30 heavy (non-hydrogen) atoms. The van der Waals surface area contributed by atoms with Crippen molar-refractivity contribution in [1.29, 1.82) is 0 Å². The molecule has 1 saturated heterocycles. The molecule has 9 nitrogen and oxygen atoms in total. The zero-order valence-corrected chi connectivity index (χ0v) is 17.5. The van der Waals surface area contributed by atoms with Crippen LogP contribution in [0.2, 0.25) is 0 Å². The largest absolute Gasteiger partial charge is 0.444 e. The number of alkyl carbamates (subject to hydrolysis) is 1. The fraction of sp³-hybridized carbons (Fsp3) is 0.429. The quantitative estimate of drug-likeness (QED) is 0.707. The second-order valence-electron chi connectivity index (χ2n) is 8.10. The van der Waals surface area contributed by atoms with Gasteiger partial charge in [-0.3, -0.25) is 4.98 Å².